The molecule has 0 bridgehead atoms. The van der Waals surface area contributed by atoms with E-state index >= 15 is 0 Å². The summed E-state index contributed by atoms with van der Waals surface area (Å²) in [5, 5.41) is 6.89. The molecule has 0 aliphatic carbocycles. The largest absolute Gasteiger partial charge is 0.453 e. The first-order chi connectivity index (χ1) is 35.2. The first kappa shape index (κ1) is 41.7. The van der Waals surface area contributed by atoms with Crippen molar-refractivity contribution in [3.63, 3.8) is 0 Å². The van der Waals surface area contributed by atoms with Gasteiger partial charge in [-0.1, -0.05) is 212 Å². The average Bonchev–Trinajstić information content (AvgIpc) is 3.85. The maximum absolute atomic E-state index is 7.03. The Balaban J connectivity index is 0.979. The topological polar surface area (TPSA) is 19.6 Å². The highest BCUT2D eigenvalue weighted by atomic mass is 16.3. The summed E-state index contributed by atoms with van der Waals surface area (Å²) in [7, 11) is 0. The van der Waals surface area contributed by atoms with Gasteiger partial charge in [0.05, 0.1) is 11.4 Å². The van der Waals surface area contributed by atoms with Crippen molar-refractivity contribution >= 4 is 77.6 Å². The molecule has 1 heterocycles. The summed E-state index contributed by atoms with van der Waals surface area (Å²) in [5.74, 6) is 0. The van der Waals surface area contributed by atoms with E-state index in [9.17, 15) is 0 Å². The van der Waals surface area contributed by atoms with Gasteiger partial charge in [-0.15, -0.1) is 0 Å². The van der Waals surface area contributed by atoms with Crippen molar-refractivity contribution < 1.29 is 4.42 Å². The van der Waals surface area contributed by atoms with E-state index in [-0.39, 0.29) is 0 Å². The molecule has 3 heteroatoms. The predicted octanol–water partition coefficient (Wildman–Crippen LogP) is 19.5. The molecular weight excluding hydrogens is 861 g/mol. The van der Waals surface area contributed by atoms with Crippen molar-refractivity contribution in [3.05, 3.63) is 279 Å². The fourth-order valence-electron chi connectivity index (χ4n) is 10.4. The molecule has 12 aromatic carbocycles. The van der Waals surface area contributed by atoms with Gasteiger partial charge in [0.2, 0.25) is 0 Å². The molecule has 71 heavy (non-hydrogen) atoms. The Labute approximate surface area is 413 Å². The van der Waals surface area contributed by atoms with Crippen LogP contribution in [0.3, 0.4) is 0 Å². The molecule has 0 N–H and O–H groups in total. The van der Waals surface area contributed by atoms with E-state index in [0.29, 0.717) is 0 Å². The number of hydrogen-bond donors (Lipinski definition) is 0. The van der Waals surface area contributed by atoms with Crippen LogP contribution in [-0.4, -0.2) is 0 Å². The van der Waals surface area contributed by atoms with Gasteiger partial charge >= 0.3 is 0 Å². The third-order valence-corrected chi connectivity index (χ3v) is 13.8. The molecule has 0 aliphatic rings. The van der Waals surface area contributed by atoms with Crippen molar-refractivity contribution in [1.29, 1.82) is 0 Å². The number of rotatable bonds is 10. The minimum Gasteiger partial charge on any atom is -0.453 e. The Bertz CT molecular complexity index is 4040. The summed E-state index contributed by atoms with van der Waals surface area (Å²) in [5.41, 5.74) is 17.2. The first-order valence-electron chi connectivity index (χ1n) is 24.2. The van der Waals surface area contributed by atoms with Crippen LogP contribution in [0.5, 0.6) is 0 Å². The molecule has 1 aromatic heterocycles. The van der Waals surface area contributed by atoms with Crippen LogP contribution in [0.1, 0.15) is 0 Å². The molecule has 0 saturated heterocycles. The summed E-state index contributed by atoms with van der Waals surface area (Å²) < 4.78 is 7.03. The van der Waals surface area contributed by atoms with Crippen molar-refractivity contribution in [2.75, 3.05) is 9.80 Å². The summed E-state index contributed by atoms with van der Waals surface area (Å²) in [6.07, 6.45) is 0. The van der Waals surface area contributed by atoms with Gasteiger partial charge in [0.1, 0.15) is 5.58 Å². The average molecular weight is 907 g/mol. The highest BCUT2D eigenvalue weighted by Gasteiger charge is 2.23. The Morgan fingerprint density at radius 1 is 0.225 bits per heavy atom. The zero-order valence-electron chi connectivity index (χ0n) is 38.9. The monoisotopic (exact) mass is 906 g/mol. The smallest absolute Gasteiger partial charge is 0.159 e. The molecule has 0 amide bonds. The highest BCUT2D eigenvalue weighted by Crippen LogP contribution is 2.47. The van der Waals surface area contributed by atoms with E-state index < -0.39 is 0 Å². The number of benzene rings is 12. The summed E-state index contributed by atoms with van der Waals surface area (Å²) in [6.45, 7) is 0. The van der Waals surface area contributed by atoms with E-state index in [1.165, 1.54) is 33.0 Å². The van der Waals surface area contributed by atoms with Gasteiger partial charge < -0.3 is 14.2 Å². The summed E-state index contributed by atoms with van der Waals surface area (Å²) in [4.78, 5) is 4.76. The zero-order valence-corrected chi connectivity index (χ0v) is 38.9. The third-order valence-electron chi connectivity index (χ3n) is 13.8. The second-order valence-corrected chi connectivity index (χ2v) is 18.1. The van der Waals surface area contributed by atoms with Crippen molar-refractivity contribution in [3.8, 4) is 44.5 Å². The maximum Gasteiger partial charge on any atom is 0.159 e. The Hall–Kier alpha value is -9.44. The molecule has 0 fully saturated rings. The van der Waals surface area contributed by atoms with Crippen LogP contribution in [0.4, 0.5) is 34.1 Å². The summed E-state index contributed by atoms with van der Waals surface area (Å²) in [6, 6.07) is 100. The number of nitrogens with zero attached hydrogens (tertiary/aromatic N) is 2. The highest BCUT2D eigenvalue weighted by molar-refractivity contribution is 6.17. The fourth-order valence-corrected chi connectivity index (χ4v) is 10.4. The third kappa shape index (κ3) is 7.67. The van der Waals surface area contributed by atoms with Crippen LogP contribution in [0.15, 0.2) is 283 Å². The second kappa shape index (κ2) is 17.9. The minimum atomic E-state index is 0.841. The van der Waals surface area contributed by atoms with Gasteiger partial charge in [-0.05, 0) is 122 Å². The lowest BCUT2D eigenvalue weighted by molar-refractivity contribution is 0.673. The van der Waals surface area contributed by atoms with Crippen molar-refractivity contribution in [1.82, 2.24) is 0 Å². The first-order valence-corrected chi connectivity index (χ1v) is 24.2. The number of anilines is 6. The van der Waals surface area contributed by atoms with Crippen LogP contribution in [0, 0.1) is 0 Å². The van der Waals surface area contributed by atoms with Gasteiger partial charge in [-0.2, -0.15) is 0 Å². The molecule has 0 atom stereocenters. The Morgan fingerprint density at radius 2 is 0.648 bits per heavy atom. The van der Waals surface area contributed by atoms with Crippen LogP contribution < -0.4 is 9.80 Å². The molecule has 0 spiro atoms. The molecule has 13 rings (SSSR count). The van der Waals surface area contributed by atoms with Gasteiger partial charge in [-0.3, -0.25) is 0 Å². The summed E-state index contributed by atoms with van der Waals surface area (Å²) >= 11 is 0. The zero-order chi connectivity index (χ0) is 47.1. The number of para-hydroxylation sites is 2. The Kier molecular flexibility index (Phi) is 10.5. The predicted molar refractivity (Wildman–Crippen MR) is 300 cm³/mol. The SMILES string of the molecule is c1ccc(-c2ccc(N(c3cccc(-c4cccc5ccccc45)c3)c3ccccc3-c3cccc(N(c4ccc(-c5ccccc5)cc4)c4cccc5c4oc4c6ccccc6ccc54)c3)cc2)cc1. The molecule has 0 radical (unpaired) electrons. The molecule has 3 nitrogen and oxygen atoms in total. The van der Waals surface area contributed by atoms with Gasteiger partial charge in [0, 0.05) is 44.5 Å². The van der Waals surface area contributed by atoms with Gasteiger partial charge in [0.25, 0.3) is 0 Å². The lowest BCUT2D eigenvalue weighted by Gasteiger charge is -2.29. The number of furan rings is 1. The molecule has 0 unspecified atom stereocenters. The second-order valence-electron chi connectivity index (χ2n) is 18.1. The van der Waals surface area contributed by atoms with Crippen LogP contribution in [-0.2, 0) is 0 Å². The van der Waals surface area contributed by atoms with E-state index in [1.54, 1.807) is 0 Å². The number of hydrogen-bond acceptors (Lipinski definition) is 3. The van der Waals surface area contributed by atoms with Gasteiger partial charge in [0.15, 0.2) is 5.58 Å². The quantitative estimate of drug-likeness (QED) is 0.136. The maximum atomic E-state index is 7.03. The van der Waals surface area contributed by atoms with Crippen LogP contribution >= 0.6 is 0 Å². The van der Waals surface area contributed by atoms with E-state index in [0.717, 1.165) is 89.1 Å². The van der Waals surface area contributed by atoms with Crippen molar-refractivity contribution in [2.45, 2.75) is 0 Å². The molecule has 0 aliphatic heterocycles. The lowest BCUT2D eigenvalue weighted by Crippen LogP contribution is -2.12. The van der Waals surface area contributed by atoms with E-state index in [1.807, 2.05) is 0 Å². The van der Waals surface area contributed by atoms with Crippen LogP contribution in [0.2, 0.25) is 0 Å². The molecule has 13 aromatic rings. The molecular formula is C68H46N2O. The van der Waals surface area contributed by atoms with Crippen molar-refractivity contribution in [2.24, 2.45) is 0 Å². The lowest BCUT2D eigenvalue weighted by atomic mass is 9.97. The normalized spacial score (nSPS) is 11.4. The standard InChI is InChI=1S/C68H46N2O/c1-3-17-47(18-4-1)49-35-40-55(41-36-49)69(57-26-13-24-53(45-57)60-31-15-23-51-21-7-9-28-59(51)60)65-33-12-11-29-61(65)54-25-14-27-58(46-54)70(56-42-37-50(38-43-56)48-19-5-2-6-20-48)66-34-16-32-63-64-44-39-52-22-8-10-30-62(52)67(64)71-68(63)66/h1-46H. The van der Waals surface area contributed by atoms with E-state index in [2.05, 4.69) is 289 Å². The molecule has 334 valence electrons. The fraction of sp³-hybridized carbons (Fsp3) is 0. The van der Waals surface area contributed by atoms with Crippen LogP contribution in [0.25, 0.3) is 88.0 Å². The van der Waals surface area contributed by atoms with Gasteiger partial charge in [-0.25, -0.2) is 0 Å². The Morgan fingerprint density at radius 3 is 1.31 bits per heavy atom. The van der Waals surface area contributed by atoms with E-state index in [4.69, 9.17) is 4.42 Å². The minimum absolute atomic E-state index is 0.841. The molecule has 0 saturated carbocycles. The number of fused-ring (bicyclic) bond motifs is 6.